The highest BCUT2D eigenvalue weighted by Crippen LogP contribution is 2.34. The molecule has 1 aliphatic heterocycles. The van der Waals surface area contributed by atoms with Gasteiger partial charge in [0.25, 0.3) is 5.89 Å². The van der Waals surface area contributed by atoms with Gasteiger partial charge in [-0.1, -0.05) is 17.3 Å². The van der Waals surface area contributed by atoms with Crippen molar-refractivity contribution in [3.8, 4) is 28.6 Å². The van der Waals surface area contributed by atoms with Crippen LogP contribution in [0, 0.1) is 6.92 Å². The van der Waals surface area contributed by atoms with Crippen LogP contribution in [0.15, 0.2) is 47.0 Å². The highest BCUT2D eigenvalue weighted by Gasteiger charge is 2.32. The fourth-order valence-corrected chi connectivity index (χ4v) is 3.88. The molecule has 1 unspecified atom stereocenters. The first-order chi connectivity index (χ1) is 14.3. The van der Waals surface area contributed by atoms with Crippen molar-refractivity contribution in [1.82, 2.24) is 10.1 Å². The Morgan fingerprint density at radius 3 is 2.67 bits per heavy atom. The van der Waals surface area contributed by atoms with Crippen molar-refractivity contribution in [2.45, 2.75) is 45.5 Å². The number of anilines is 1. The number of aromatic nitrogens is 2. The molecule has 2 heterocycles. The third-order valence-corrected chi connectivity index (χ3v) is 5.34. The van der Waals surface area contributed by atoms with E-state index in [1.165, 1.54) is 43.1 Å². The second-order valence-electron chi connectivity index (χ2n) is 7.51. The minimum atomic E-state index is -4.80. The monoisotopic (exact) mass is 417 g/mol. The molecule has 4 rings (SSSR count). The van der Waals surface area contributed by atoms with E-state index >= 15 is 0 Å². The van der Waals surface area contributed by atoms with Crippen LogP contribution in [0.1, 0.15) is 31.7 Å². The van der Waals surface area contributed by atoms with Crippen molar-refractivity contribution in [2.24, 2.45) is 0 Å². The maximum Gasteiger partial charge on any atom is 0.573 e. The summed E-state index contributed by atoms with van der Waals surface area (Å²) in [6, 6.07) is 12.1. The van der Waals surface area contributed by atoms with Crippen molar-refractivity contribution < 1.29 is 22.4 Å². The third kappa shape index (κ3) is 4.27. The van der Waals surface area contributed by atoms with Crippen LogP contribution in [0.3, 0.4) is 0 Å². The second kappa shape index (κ2) is 8.01. The summed E-state index contributed by atoms with van der Waals surface area (Å²) in [6.45, 7) is 5.29. The van der Waals surface area contributed by atoms with Crippen LogP contribution in [0.25, 0.3) is 22.8 Å². The van der Waals surface area contributed by atoms with Gasteiger partial charge in [-0.3, -0.25) is 0 Å². The number of nitrogens with zero attached hydrogens (tertiary/aromatic N) is 3. The number of benzene rings is 2. The molecule has 0 aliphatic carbocycles. The molecule has 3 aromatic rings. The zero-order chi connectivity index (χ0) is 21.3. The Kier molecular flexibility index (Phi) is 5.40. The van der Waals surface area contributed by atoms with Crippen LogP contribution in [0.4, 0.5) is 18.9 Å². The Hall–Kier alpha value is -3.03. The molecular weight excluding hydrogens is 395 g/mol. The molecule has 2 aromatic carbocycles. The van der Waals surface area contributed by atoms with Crippen LogP contribution >= 0.6 is 0 Å². The van der Waals surface area contributed by atoms with Gasteiger partial charge in [0.1, 0.15) is 5.75 Å². The number of alkyl halides is 3. The van der Waals surface area contributed by atoms with Gasteiger partial charge in [0.2, 0.25) is 5.82 Å². The first-order valence-corrected chi connectivity index (χ1v) is 9.88. The van der Waals surface area contributed by atoms with E-state index in [1.54, 1.807) is 6.07 Å². The van der Waals surface area contributed by atoms with Gasteiger partial charge in [-0.15, -0.1) is 13.2 Å². The first kappa shape index (κ1) is 20.3. The highest BCUT2D eigenvalue weighted by atomic mass is 19.4. The van der Waals surface area contributed by atoms with Crippen LogP contribution in [0.2, 0.25) is 0 Å². The van der Waals surface area contributed by atoms with E-state index in [9.17, 15) is 13.2 Å². The summed E-state index contributed by atoms with van der Waals surface area (Å²) in [6.07, 6.45) is -1.20. The Bertz CT molecular complexity index is 1030. The van der Waals surface area contributed by atoms with Crippen molar-refractivity contribution >= 4 is 5.69 Å². The van der Waals surface area contributed by atoms with Crippen LogP contribution in [-0.4, -0.2) is 29.1 Å². The number of hydrogen-bond acceptors (Lipinski definition) is 5. The van der Waals surface area contributed by atoms with Gasteiger partial charge in [-0.2, -0.15) is 4.98 Å². The van der Waals surface area contributed by atoms with Crippen LogP contribution in [-0.2, 0) is 0 Å². The van der Waals surface area contributed by atoms with E-state index < -0.39 is 6.36 Å². The van der Waals surface area contributed by atoms with E-state index in [2.05, 4.69) is 26.7 Å². The Morgan fingerprint density at radius 2 is 1.93 bits per heavy atom. The number of halogens is 3. The number of rotatable bonds is 4. The molecule has 1 aromatic heterocycles. The number of ether oxygens (including phenoxy) is 1. The molecule has 0 spiro atoms. The largest absolute Gasteiger partial charge is 0.573 e. The lowest BCUT2D eigenvalue weighted by molar-refractivity contribution is -0.274. The minimum Gasteiger partial charge on any atom is -0.405 e. The summed E-state index contributed by atoms with van der Waals surface area (Å²) in [4.78, 5) is 6.71. The summed E-state index contributed by atoms with van der Waals surface area (Å²) in [5.41, 5.74) is 3.09. The molecular formula is C22H22F3N3O2. The molecule has 30 heavy (non-hydrogen) atoms. The van der Waals surface area contributed by atoms with Gasteiger partial charge < -0.3 is 14.2 Å². The van der Waals surface area contributed by atoms with Crippen LogP contribution in [0.5, 0.6) is 5.75 Å². The van der Waals surface area contributed by atoms with Crippen molar-refractivity contribution in [3.05, 3.63) is 48.0 Å². The molecule has 8 heteroatoms. The topological polar surface area (TPSA) is 51.4 Å². The summed E-state index contributed by atoms with van der Waals surface area (Å²) >= 11 is 0. The molecule has 5 nitrogen and oxygen atoms in total. The molecule has 0 radical (unpaired) electrons. The smallest absolute Gasteiger partial charge is 0.405 e. The summed E-state index contributed by atoms with van der Waals surface area (Å²) in [7, 11) is 0. The molecule has 1 aliphatic rings. The van der Waals surface area contributed by atoms with Crippen LogP contribution < -0.4 is 9.64 Å². The third-order valence-electron chi connectivity index (χ3n) is 5.34. The summed E-state index contributed by atoms with van der Waals surface area (Å²) < 4.78 is 47.5. The predicted molar refractivity (Wildman–Crippen MR) is 107 cm³/mol. The van der Waals surface area contributed by atoms with Gasteiger partial charge in [0.05, 0.1) is 5.56 Å². The normalized spacial score (nSPS) is 17.2. The molecule has 1 fully saturated rings. The number of hydrogen-bond donors (Lipinski definition) is 0. The lowest BCUT2D eigenvalue weighted by atomic mass is 10.0. The van der Waals surface area contributed by atoms with E-state index in [0.29, 0.717) is 11.6 Å². The van der Waals surface area contributed by atoms with Gasteiger partial charge in [0, 0.05) is 23.8 Å². The van der Waals surface area contributed by atoms with Crippen molar-refractivity contribution in [1.29, 1.82) is 0 Å². The fraction of sp³-hybridized carbons (Fsp3) is 0.364. The Morgan fingerprint density at radius 1 is 1.13 bits per heavy atom. The van der Waals surface area contributed by atoms with E-state index in [4.69, 9.17) is 4.52 Å². The van der Waals surface area contributed by atoms with Crippen molar-refractivity contribution in [2.75, 3.05) is 11.4 Å². The Labute approximate surface area is 172 Å². The highest BCUT2D eigenvalue weighted by molar-refractivity contribution is 5.68. The first-order valence-electron chi connectivity index (χ1n) is 9.88. The fourth-order valence-electron chi connectivity index (χ4n) is 3.88. The molecule has 1 saturated heterocycles. The summed E-state index contributed by atoms with van der Waals surface area (Å²) in [5.74, 6) is -0.0904. The summed E-state index contributed by atoms with van der Waals surface area (Å²) in [5, 5.41) is 3.86. The van der Waals surface area contributed by atoms with Crippen molar-refractivity contribution in [3.63, 3.8) is 0 Å². The number of para-hydroxylation sites is 1. The zero-order valence-corrected chi connectivity index (χ0v) is 16.7. The van der Waals surface area contributed by atoms with Gasteiger partial charge >= 0.3 is 6.36 Å². The molecule has 1 atom stereocenters. The van der Waals surface area contributed by atoms with Gasteiger partial charge in [0.15, 0.2) is 0 Å². The maximum absolute atomic E-state index is 12.7. The van der Waals surface area contributed by atoms with E-state index in [-0.39, 0.29) is 23.0 Å². The molecule has 0 bridgehead atoms. The average Bonchev–Trinajstić information content (AvgIpc) is 3.18. The second-order valence-corrected chi connectivity index (χ2v) is 7.51. The SMILES string of the molecule is Cc1cc(-c2nc(-c3ccccc3OC(F)(F)F)no2)ccc1N1CCCCC1C. The number of piperidine rings is 1. The maximum atomic E-state index is 12.7. The zero-order valence-electron chi connectivity index (χ0n) is 16.7. The number of aryl methyl sites for hydroxylation is 1. The predicted octanol–water partition coefficient (Wildman–Crippen LogP) is 5.99. The van der Waals surface area contributed by atoms with E-state index in [1.807, 2.05) is 25.1 Å². The quantitative estimate of drug-likeness (QED) is 0.522. The lowest BCUT2D eigenvalue weighted by Crippen LogP contribution is -2.37. The molecule has 0 amide bonds. The lowest BCUT2D eigenvalue weighted by Gasteiger charge is -2.36. The molecule has 0 saturated carbocycles. The van der Waals surface area contributed by atoms with E-state index in [0.717, 1.165) is 12.1 Å². The molecule has 0 N–H and O–H groups in total. The minimum absolute atomic E-state index is 0.0382. The average molecular weight is 417 g/mol. The van der Waals surface area contributed by atoms with Gasteiger partial charge in [-0.05, 0) is 69.0 Å². The standard InChI is InChI=1S/C22H22F3N3O2/c1-14-13-16(10-11-18(14)28-12-6-5-7-15(28)2)21-26-20(27-30-21)17-8-3-4-9-19(17)29-22(23,24)25/h3-4,8-11,13,15H,5-7,12H2,1-2H3. The Balaban J connectivity index is 1.62. The molecule has 158 valence electrons. The van der Waals surface area contributed by atoms with Gasteiger partial charge in [-0.25, -0.2) is 0 Å².